The van der Waals surface area contributed by atoms with Gasteiger partial charge in [0.2, 0.25) is 5.78 Å². The number of rotatable bonds is 10. The molecule has 1 unspecified atom stereocenters. The van der Waals surface area contributed by atoms with Gasteiger partial charge in [0, 0.05) is 34.7 Å². The molecule has 1 aliphatic carbocycles. The Bertz CT molecular complexity index is 2110. The maximum atomic E-state index is 12.6. The number of furan rings is 2. The molecule has 1 aliphatic rings. The Kier molecular flexibility index (Phi) is 11.2. The number of fused-ring (bicyclic) bond motifs is 4. The van der Waals surface area contributed by atoms with Gasteiger partial charge in [0.05, 0.1) is 25.7 Å². The Morgan fingerprint density at radius 1 is 0.846 bits per heavy atom. The number of esters is 2. The van der Waals surface area contributed by atoms with Gasteiger partial charge in [0.25, 0.3) is 8.32 Å². The number of benzene rings is 3. The highest BCUT2D eigenvalue weighted by Crippen LogP contribution is 2.46. The molecule has 52 heavy (non-hydrogen) atoms. The monoisotopic (exact) mass is 726 g/mol. The highest BCUT2D eigenvalue weighted by Gasteiger charge is 2.43. The molecule has 0 saturated carbocycles. The molecule has 0 amide bonds. The van der Waals surface area contributed by atoms with E-state index in [1.165, 1.54) is 6.26 Å². The van der Waals surface area contributed by atoms with Crippen LogP contribution < -0.4 is 4.43 Å². The molecule has 2 heterocycles. The van der Waals surface area contributed by atoms with Crippen LogP contribution in [0.15, 0.2) is 69.9 Å². The molecule has 5 aromatic rings. The maximum absolute atomic E-state index is 12.6. The summed E-state index contributed by atoms with van der Waals surface area (Å²) in [6.45, 7) is 19.3. The van der Waals surface area contributed by atoms with Crippen molar-refractivity contribution >= 4 is 47.8 Å². The first-order valence-corrected chi connectivity index (χ1v) is 20.8. The molecule has 6 rings (SSSR count). The smallest absolute Gasteiger partial charge is 0.306 e. The van der Waals surface area contributed by atoms with E-state index in [4.69, 9.17) is 22.7 Å². The van der Waals surface area contributed by atoms with Crippen molar-refractivity contribution in [2.45, 2.75) is 97.9 Å². The van der Waals surface area contributed by atoms with E-state index >= 15 is 0 Å². The van der Waals surface area contributed by atoms with E-state index in [1.54, 1.807) is 44.4 Å². The number of hydrogen-bond donors (Lipinski definition) is 1. The third-order valence-corrected chi connectivity index (χ3v) is 14.6. The van der Waals surface area contributed by atoms with Crippen molar-refractivity contribution in [3.8, 4) is 5.75 Å². The Labute approximate surface area is 306 Å². The van der Waals surface area contributed by atoms with Crippen molar-refractivity contribution < 1.29 is 42.2 Å². The number of carbonyl (C=O) groups excluding carboxylic acids is 3. The molecule has 0 spiro atoms. The van der Waals surface area contributed by atoms with Crippen LogP contribution in [0.5, 0.6) is 5.75 Å². The summed E-state index contributed by atoms with van der Waals surface area (Å²) in [5.74, 6) is 0.231. The zero-order chi connectivity index (χ0) is 38.0. The van der Waals surface area contributed by atoms with Crippen LogP contribution in [0.3, 0.4) is 0 Å². The molecule has 276 valence electrons. The molecule has 10 heteroatoms. The van der Waals surface area contributed by atoms with Gasteiger partial charge in [0.15, 0.2) is 17.1 Å². The van der Waals surface area contributed by atoms with Crippen LogP contribution in [0.1, 0.15) is 98.3 Å². The van der Waals surface area contributed by atoms with Crippen LogP contribution in [0, 0.1) is 6.92 Å². The van der Waals surface area contributed by atoms with Gasteiger partial charge < -0.3 is 27.8 Å². The molecule has 0 aliphatic heterocycles. The SMILES string of the molecule is CCOC(=O)CCc1coc2c(O[Si](C)(C)C(C)(C)C)c3ccccc3c(C)c12.CCOC(=O)CCc1coc2c1C(C)(O)c1ccccc1C2=O. The van der Waals surface area contributed by atoms with E-state index in [0.717, 1.165) is 38.6 Å². The average molecular weight is 727 g/mol. The predicted molar refractivity (Wildman–Crippen MR) is 203 cm³/mol. The Balaban J connectivity index is 0.000000206. The number of ketones is 1. The van der Waals surface area contributed by atoms with E-state index in [-0.39, 0.29) is 34.9 Å². The minimum absolute atomic E-state index is 0.0741. The minimum atomic E-state index is -2.07. The van der Waals surface area contributed by atoms with Crippen molar-refractivity contribution in [1.82, 2.24) is 0 Å². The summed E-state index contributed by atoms with van der Waals surface area (Å²) < 4.78 is 28.3. The summed E-state index contributed by atoms with van der Waals surface area (Å²) in [7, 11) is -2.07. The first-order chi connectivity index (χ1) is 24.5. The van der Waals surface area contributed by atoms with Gasteiger partial charge in [-0.05, 0) is 86.3 Å². The standard InChI is InChI=1S/C24H32O4Si.C18H18O5/c1-8-26-20(25)14-13-17-15-27-23-21(17)16(2)18-11-9-10-12-19(18)22(23)28-29(6,7)24(3,4)5;1-3-22-14(19)9-8-11-10-23-17-15(11)18(2,21)13-7-5-4-6-12(13)16(17)20/h9-12,15H,8,13-14H2,1-7H3;4-7,10,21H,3,8-9H2,1-2H3. The first kappa shape index (κ1) is 38.6. The van der Waals surface area contributed by atoms with Crippen LogP contribution >= 0.6 is 0 Å². The van der Waals surface area contributed by atoms with Gasteiger partial charge in [-0.15, -0.1) is 0 Å². The molecule has 3 aromatic carbocycles. The molecular formula is C42H50O9Si. The summed E-state index contributed by atoms with van der Waals surface area (Å²) in [5, 5.41) is 14.4. The highest BCUT2D eigenvalue weighted by atomic mass is 28.4. The van der Waals surface area contributed by atoms with E-state index < -0.39 is 13.9 Å². The topological polar surface area (TPSA) is 125 Å². The third-order valence-electron chi connectivity index (χ3n) is 10.3. The summed E-state index contributed by atoms with van der Waals surface area (Å²) in [5.41, 5.74) is 3.72. The van der Waals surface area contributed by atoms with Crippen LogP contribution in [0.2, 0.25) is 18.1 Å². The van der Waals surface area contributed by atoms with Crippen LogP contribution in [-0.4, -0.2) is 44.4 Å². The van der Waals surface area contributed by atoms with Gasteiger partial charge in [-0.25, -0.2) is 0 Å². The van der Waals surface area contributed by atoms with Crippen LogP contribution in [-0.2, 0) is 37.5 Å². The lowest BCUT2D eigenvalue weighted by Crippen LogP contribution is -2.43. The molecule has 0 saturated heterocycles. The molecule has 9 nitrogen and oxygen atoms in total. The second kappa shape index (κ2) is 15.1. The normalized spacial score (nSPS) is 15.5. The number of ether oxygens (including phenoxy) is 2. The van der Waals surface area contributed by atoms with Crippen molar-refractivity contribution in [3.05, 3.63) is 100 Å². The van der Waals surface area contributed by atoms with E-state index in [9.17, 15) is 19.5 Å². The zero-order valence-electron chi connectivity index (χ0n) is 31.7. The summed E-state index contributed by atoms with van der Waals surface area (Å²) in [6.07, 6.45) is 4.67. The van der Waals surface area contributed by atoms with E-state index in [1.807, 2.05) is 13.0 Å². The van der Waals surface area contributed by atoms with Crippen LogP contribution in [0.25, 0.3) is 21.7 Å². The van der Waals surface area contributed by atoms with Gasteiger partial charge in [-0.2, -0.15) is 0 Å². The average Bonchev–Trinajstić information content (AvgIpc) is 3.73. The third kappa shape index (κ3) is 7.45. The highest BCUT2D eigenvalue weighted by molar-refractivity contribution is 6.75. The first-order valence-electron chi connectivity index (χ1n) is 17.9. The molecule has 0 radical (unpaired) electrons. The van der Waals surface area contributed by atoms with Gasteiger partial charge in [0.1, 0.15) is 5.60 Å². The van der Waals surface area contributed by atoms with E-state index in [0.29, 0.717) is 54.7 Å². The number of aliphatic hydroxyl groups is 1. The maximum Gasteiger partial charge on any atom is 0.306 e. The zero-order valence-corrected chi connectivity index (χ0v) is 32.7. The largest absolute Gasteiger partial charge is 0.541 e. The lowest BCUT2D eigenvalue weighted by atomic mass is 9.76. The second-order valence-electron chi connectivity index (χ2n) is 14.8. The summed E-state index contributed by atoms with van der Waals surface area (Å²) >= 11 is 0. The lowest BCUT2D eigenvalue weighted by molar-refractivity contribution is -0.144. The van der Waals surface area contributed by atoms with Crippen LogP contribution in [0.4, 0.5) is 0 Å². The Morgan fingerprint density at radius 2 is 1.40 bits per heavy atom. The molecule has 0 bridgehead atoms. The molecule has 1 atom stereocenters. The molecule has 1 N–H and O–H groups in total. The number of aryl methyl sites for hydroxylation is 3. The van der Waals surface area contributed by atoms with Gasteiger partial charge in [-0.1, -0.05) is 69.3 Å². The summed E-state index contributed by atoms with van der Waals surface area (Å²) in [6, 6.07) is 15.3. The number of carbonyl (C=O) groups is 3. The fourth-order valence-electron chi connectivity index (χ4n) is 6.51. The van der Waals surface area contributed by atoms with Gasteiger partial charge >= 0.3 is 11.9 Å². The number of hydrogen-bond acceptors (Lipinski definition) is 9. The Hall–Kier alpha value is -4.67. The predicted octanol–water partition coefficient (Wildman–Crippen LogP) is 9.35. The van der Waals surface area contributed by atoms with Crippen molar-refractivity contribution in [1.29, 1.82) is 0 Å². The van der Waals surface area contributed by atoms with Crippen molar-refractivity contribution in [2.75, 3.05) is 13.2 Å². The van der Waals surface area contributed by atoms with Gasteiger partial charge in [-0.3, -0.25) is 14.4 Å². The minimum Gasteiger partial charge on any atom is -0.541 e. The van der Waals surface area contributed by atoms with Crippen molar-refractivity contribution in [3.63, 3.8) is 0 Å². The molecular weight excluding hydrogens is 677 g/mol. The summed E-state index contributed by atoms with van der Waals surface area (Å²) in [4.78, 5) is 36.0. The molecule has 2 aromatic heterocycles. The molecule has 0 fully saturated rings. The second-order valence-corrected chi connectivity index (χ2v) is 19.6. The quantitative estimate of drug-likeness (QED) is 0.111. The fourth-order valence-corrected chi connectivity index (χ4v) is 7.53. The van der Waals surface area contributed by atoms with Crippen molar-refractivity contribution in [2.24, 2.45) is 0 Å². The lowest BCUT2D eigenvalue weighted by Gasteiger charge is -2.36. The fraction of sp³-hybridized carbons (Fsp3) is 0.405. The van der Waals surface area contributed by atoms with E-state index in [2.05, 4.69) is 59.0 Å². The Morgan fingerprint density at radius 3 is 2.02 bits per heavy atom.